The Morgan fingerprint density at radius 1 is 1.36 bits per heavy atom. The molecule has 0 aliphatic heterocycles. The molecular weight excluding hydrogens is 172 g/mol. The molecule has 14 heavy (non-hydrogen) atoms. The van der Waals surface area contributed by atoms with E-state index in [1.54, 1.807) is 0 Å². The molecule has 0 saturated carbocycles. The molecule has 0 fully saturated rings. The van der Waals surface area contributed by atoms with Gasteiger partial charge in [0.15, 0.2) is 0 Å². The zero-order valence-corrected chi connectivity index (χ0v) is 8.90. The van der Waals surface area contributed by atoms with Crippen LogP contribution >= 0.6 is 0 Å². The lowest BCUT2D eigenvalue weighted by Gasteiger charge is -2.16. The van der Waals surface area contributed by atoms with E-state index in [1.165, 1.54) is 5.56 Å². The molecule has 0 heterocycles. The van der Waals surface area contributed by atoms with Gasteiger partial charge in [-0.3, -0.25) is 0 Å². The van der Waals surface area contributed by atoms with Crippen molar-refractivity contribution < 1.29 is 5.11 Å². The van der Waals surface area contributed by atoms with Crippen LogP contribution in [0.3, 0.4) is 0 Å². The molecule has 76 valence electrons. The zero-order chi connectivity index (χ0) is 10.1. The van der Waals surface area contributed by atoms with Crippen LogP contribution in [0.4, 0.5) is 0 Å². The van der Waals surface area contributed by atoms with Crippen molar-refractivity contribution in [3.63, 3.8) is 0 Å². The molecule has 0 amide bonds. The van der Waals surface area contributed by atoms with Gasteiger partial charge in [0.1, 0.15) is 0 Å². The van der Waals surface area contributed by atoms with E-state index in [1.807, 2.05) is 6.07 Å². The van der Waals surface area contributed by atoms with Gasteiger partial charge in [-0.25, -0.2) is 0 Å². The Labute approximate surface area is 85.8 Å². The molecule has 0 bridgehead atoms. The van der Waals surface area contributed by atoms with Gasteiger partial charge in [-0.05, 0) is 35.8 Å². The van der Waals surface area contributed by atoms with Crippen LogP contribution in [0.5, 0.6) is 0 Å². The Bertz CT molecular complexity index is 317. The van der Waals surface area contributed by atoms with Gasteiger partial charge in [0.25, 0.3) is 0 Å². The summed E-state index contributed by atoms with van der Waals surface area (Å²) in [5, 5.41) is 10.1. The molecule has 0 radical (unpaired) electrons. The van der Waals surface area contributed by atoms with Gasteiger partial charge in [-0.1, -0.05) is 38.1 Å². The first-order valence-electron chi connectivity index (χ1n) is 5.44. The highest BCUT2D eigenvalue weighted by Crippen LogP contribution is 2.38. The number of rotatable bonds is 2. The molecule has 2 rings (SSSR count). The summed E-state index contributed by atoms with van der Waals surface area (Å²) >= 11 is 0. The van der Waals surface area contributed by atoms with E-state index in [9.17, 15) is 5.11 Å². The van der Waals surface area contributed by atoms with Crippen molar-refractivity contribution in [3.8, 4) is 0 Å². The smallest absolute Gasteiger partial charge is 0.0824 e. The summed E-state index contributed by atoms with van der Waals surface area (Å²) in [6.45, 7) is 4.44. The molecule has 0 aromatic heterocycles. The minimum atomic E-state index is -0.228. The van der Waals surface area contributed by atoms with Crippen molar-refractivity contribution >= 4 is 0 Å². The van der Waals surface area contributed by atoms with Crippen LogP contribution in [0.25, 0.3) is 0 Å². The maximum atomic E-state index is 10.1. The molecule has 1 aromatic rings. The van der Waals surface area contributed by atoms with E-state index >= 15 is 0 Å². The van der Waals surface area contributed by atoms with Gasteiger partial charge < -0.3 is 5.11 Å². The Hall–Kier alpha value is -0.820. The largest absolute Gasteiger partial charge is 0.388 e. The van der Waals surface area contributed by atoms with Crippen molar-refractivity contribution in [2.75, 3.05) is 0 Å². The van der Waals surface area contributed by atoms with Crippen molar-refractivity contribution in [1.29, 1.82) is 0 Å². The number of hydrogen-bond donors (Lipinski definition) is 1. The van der Waals surface area contributed by atoms with Gasteiger partial charge in [0.05, 0.1) is 6.10 Å². The first-order chi connectivity index (χ1) is 6.68. The average molecular weight is 190 g/mol. The molecule has 1 N–H and O–H groups in total. The number of benzene rings is 1. The Kier molecular flexibility index (Phi) is 2.60. The van der Waals surface area contributed by atoms with Gasteiger partial charge in [0, 0.05) is 0 Å². The molecule has 2 unspecified atom stereocenters. The first kappa shape index (κ1) is 9.72. The van der Waals surface area contributed by atoms with E-state index < -0.39 is 0 Å². The van der Waals surface area contributed by atoms with Gasteiger partial charge in [0.2, 0.25) is 0 Å². The van der Waals surface area contributed by atoms with Crippen molar-refractivity contribution in [1.82, 2.24) is 0 Å². The summed E-state index contributed by atoms with van der Waals surface area (Å²) in [6.07, 6.45) is 1.94. The van der Waals surface area contributed by atoms with Gasteiger partial charge >= 0.3 is 0 Å². The molecule has 1 aromatic carbocycles. The number of hydrogen-bond acceptors (Lipinski definition) is 1. The van der Waals surface area contributed by atoms with E-state index in [0.29, 0.717) is 11.8 Å². The Morgan fingerprint density at radius 3 is 2.71 bits per heavy atom. The molecule has 1 nitrogen and oxygen atoms in total. The van der Waals surface area contributed by atoms with Crippen LogP contribution in [-0.4, -0.2) is 5.11 Å². The Balaban J connectivity index is 2.17. The number of aliphatic hydroxyl groups is 1. The summed E-state index contributed by atoms with van der Waals surface area (Å²) in [7, 11) is 0. The SMILES string of the molecule is CC(C)CC1Cc2ccccc2C1O. The molecule has 0 spiro atoms. The lowest BCUT2D eigenvalue weighted by molar-refractivity contribution is 0.110. The van der Waals surface area contributed by atoms with Crippen LogP contribution in [0.1, 0.15) is 37.5 Å². The summed E-state index contributed by atoms with van der Waals surface area (Å²) < 4.78 is 0. The third-order valence-corrected chi connectivity index (χ3v) is 3.08. The van der Waals surface area contributed by atoms with E-state index in [-0.39, 0.29) is 6.10 Å². The van der Waals surface area contributed by atoms with Crippen LogP contribution in [0, 0.1) is 11.8 Å². The predicted octanol–water partition coefficient (Wildman–Crippen LogP) is 2.94. The van der Waals surface area contributed by atoms with E-state index in [0.717, 1.165) is 18.4 Å². The number of aliphatic hydroxyl groups excluding tert-OH is 1. The van der Waals surface area contributed by atoms with Crippen LogP contribution in [0.15, 0.2) is 24.3 Å². The second-order valence-corrected chi connectivity index (χ2v) is 4.74. The third-order valence-electron chi connectivity index (χ3n) is 3.08. The second kappa shape index (κ2) is 3.74. The minimum Gasteiger partial charge on any atom is -0.388 e. The van der Waals surface area contributed by atoms with Crippen LogP contribution in [-0.2, 0) is 6.42 Å². The molecular formula is C13H18O. The normalized spacial score (nSPS) is 25.4. The maximum absolute atomic E-state index is 10.1. The molecule has 1 aliphatic rings. The van der Waals surface area contributed by atoms with Crippen molar-refractivity contribution in [2.24, 2.45) is 11.8 Å². The van der Waals surface area contributed by atoms with E-state index in [4.69, 9.17) is 0 Å². The highest BCUT2D eigenvalue weighted by atomic mass is 16.3. The quantitative estimate of drug-likeness (QED) is 0.760. The van der Waals surface area contributed by atoms with Crippen LogP contribution < -0.4 is 0 Å². The number of fused-ring (bicyclic) bond motifs is 1. The van der Waals surface area contributed by atoms with Gasteiger partial charge in [-0.2, -0.15) is 0 Å². The fourth-order valence-electron chi connectivity index (χ4n) is 2.47. The summed E-state index contributed by atoms with van der Waals surface area (Å²) in [5.41, 5.74) is 2.49. The average Bonchev–Trinajstić information content (AvgIpc) is 2.44. The topological polar surface area (TPSA) is 20.2 Å². The summed E-state index contributed by atoms with van der Waals surface area (Å²) in [4.78, 5) is 0. The molecule has 1 aliphatic carbocycles. The lowest BCUT2D eigenvalue weighted by atomic mass is 9.93. The monoisotopic (exact) mass is 190 g/mol. The van der Waals surface area contributed by atoms with Crippen LogP contribution in [0.2, 0.25) is 0 Å². The molecule has 2 atom stereocenters. The minimum absolute atomic E-state index is 0.228. The van der Waals surface area contributed by atoms with Crippen molar-refractivity contribution in [2.45, 2.75) is 32.8 Å². The fraction of sp³-hybridized carbons (Fsp3) is 0.538. The van der Waals surface area contributed by atoms with E-state index in [2.05, 4.69) is 32.0 Å². The summed E-state index contributed by atoms with van der Waals surface area (Å²) in [6, 6.07) is 8.27. The van der Waals surface area contributed by atoms with Crippen molar-refractivity contribution in [3.05, 3.63) is 35.4 Å². The third kappa shape index (κ3) is 1.69. The predicted molar refractivity (Wildman–Crippen MR) is 58.1 cm³/mol. The fourth-order valence-corrected chi connectivity index (χ4v) is 2.47. The highest BCUT2D eigenvalue weighted by molar-refractivity contribution is 5.34. The standard InChI is InChI=1S/C13H18O/c1-9(2)7-11-8-10-5-3-4-6-12(10)13(11)14/h3-6,9,11,13-14H,7-8H2,1-2H3. The zero-order valence-electron chi connectivity index (χ0n) is 8.90. The maximum Gasteiger partial charge on any atom is 0.0824 e. The van der Waals surface area contributed by atoms with Gasteiger partial charge in [-0.15, -0.1) is 0 Å². The lowest BCUT2D eigenvalue weighted by Crippen LogP contribution is -2.09. The molecule has 1 heteroatoms. The second-order valence-electron chi connectivity index (χ2n) is 4.74. The summed E-state index contributed by atoms with van der Waals surface area (Å²) in [5.74, 6) is 1.11. The first-order valence-corrected chi connectivity index (χ1v) is 5.44. The molecule has 0 saturated heterocycles. The highest BCUT2D eigenvalue weighted by Gasteiger charge is 2.30. The Morgan fingerprint density at radius 2 is 2.07 bits per heavy atom.